The minimum atomic E-state index is 0.863. The van der Waals surface area contributed by atoms with Gasteiger partial charge in [-0.15, -0.1) is 0 Å². The maximum Gasteiger partial charge on any atom is 0.0974 e. The highest BCUT2D eigenvalue weighted by Gasteiger charge is 1.99. The fraction of sp³-hybridized carbons (Fsp3) is 0.0625. The number of hydrogen-bond donors (Lipinski definition) is 0. The minimum absolute atomic E-state index is 0.863. The second-order valence-electron chi connectivity index (χ2n) is 4.11. The Hall–Kier alpha value is -2.15. The van der Waals surface area contributed by atoms with Crippen molar-refractivity contribution < 1.29 is 0 Å². The summed E-state index contributed by atoms with van der Waals surface area (Å²) >= 11 is 0. The smallest absolute Gasteiger partial charge is 0.0974 e. The van der Waals surface area contributed by atoms with Crippen molar-refractivity contribution in [3.05, 3.63) is 78.1 Å². The van der Waals surface area contributed by atoms with Gasteiger partial charge in [0.05, 0.1) is 6.20 Å². The van der Waals surface area contributed by atoms with Crippen molar-refractivity contribution in [1.29, 1.82) is 0 Å². The van der Waals surface area contributed by atoms with Gasteiger partial charge in [0.2, 0.25) is 0 Å². The third kappa shape index (κ3) is 2.18. The van der Waals surface area contributed by atoms with Gasteiger partial charge in [0.25, 0.3) is 0 Å². The molecule has 1 nitrogen and oxygen atoms in total. The molecule has 1 radical (unpaired) electrons. The van der Waals surface area contributed by atoms with Gasteiger partial charge < -0.3 is 0 Å². The SMILES string of the molecule is [c]1nc(Cc2ccccc2)cc2ccccc12. The number of pyridine rings is 1. The summed E-state index contributed by atoms with van der Waals surface area (Å²) in [4.78, 5) is 4.38. The van der Waals surface area contributed by atoms with Gasteiger partial charge in [-0.25, -0.2) is 0 Å². The quantitative estimate of drug-likeness (QED) is 0.640. The molecule has 0 aliphatic rings. The number of fused-ring (bicyclic) bond motifs is 1. The summed E-state index contributed by atoms with van der Waals surface area (Å²) in [6.45, 7) is 0. The van der Waals surface area contributed by atoms with E-state index in [2.05, 4.69) is 47.6 Å². The molecule has 0 atom stereocenters. The summed E-state index contributed by atoms with van der Waals surface area (Å²) in [7, 11) is 0. The van der Waals surface area contributed by atoms with E-state index in [1.807, 2.05) is 24.3 Å². The molecule has 0 unspecified atom stereocenters. The first-order valence-corrected chi connectivity index (χ1v) is 5.72. The predicted molar refractivity (Wildman–Crippen MR) is 69.8 cm³/mol. The summed E-state index contributed by atoms with van der Waals surface area (Å²) in [5, 5.41) is 2.28. The van der Waals surface area contributed by atoms with Crippen molar-refractivity contribution in [1.82, 2.24) is 4.98 Å². The van der Waals surface area contributed by atoms with Crippen molar-refractivity contribution in [2.45, 2.75) is 6.42 Å². The molecule has 0 fully saturated rings. The molecule has 17 heavy (non-hydrogen) atoms. The Kier molecular flexibility index (Phi) is 2.59. The molecule has 0 amide bonds. The third-order valence-corrected chi connectivity index (χ3v) is 2.83. The second-order valence-corrected chi connectivity index (χ2v) is 4.11. The van der Waals surface area contributed by atoms with Crippen LogP contribution in [0.15, 0.2) is 60.7 Å². The molecule has 0 aliphatic carbocycles. The first kappa shape index (κ1) is 10.0. The van der Waals surface area contributed by atoms with E-state index in [4.69, 9.17) is 0 Å². The Balaban J connectivity index is 1.96. The number of hydrogen-bond acceptors (Lipinski definition) is 1. The fourth-order valence-electron chi connectivity index (χ4n) is 1.96. The first-order valence-electron chi connectivity index (χ1n) is 5.72. The molecule has 0 saturated carbocycles. The van der Waals surface area contributed by atoms with Gasteiger partial charge in [-0.1, -0.05) is 54.6 Å². The van der Waals surface area contributed by atoms with E-state index in [0.29, 0.717) is 0 Å². The predicted octanol–water partition coefficient (Wildman–Crippen LogP) is 3.63. The van der Waals surface area contributed by atoms with E-state index in [-0.39, 0.29) is 0 Å². The average molecular weight is 218 g/mol. The zero-order valence-electron chi connectivity index (χ0n) is 9.43. The highest BCUT2D eigenvalue weighted by molar-refractivity contribution is 5.81. The second kappa shape index (κ2) is 4.38. The van der Waals surface area contributed by atoms with Crippen molar-refractivity contribution in [2.24, 2.45) is 0 Å². The highest BCUT2D eigenvalue weighted by Crippen LogP contribution is 2.15. The number of rotatable bonds is 2. The first-order chi connectivity index (χ1) is 8.42. The van der Waals surface area contributed by atoms with Crippen LogP contribution in [-0.4, -0.2) is 4.98 Å². The standard InChI is InChI=1S/C16H12N/c1-2-6-13(7-3-1)10-16-11-14-8-4-5-9-15(14)12-17-16/h1-9,11H,10H2. The van der Waals surface area contributed by atoms with Crippen LogP contribution in [0.2, 0.25) is 0 Å². The van der Waals surface area contributed by atoms with Crippen molar-refractivity contribution in [2.75, 3.05) is 0 Å². The van der Waals surface area contributed by atoms with Crippen LogP contribution in [0.1, 0.15) is 11.3 Å². The number of nitrogens with zero attached hydrogens (tertiary/aromatic N) is 1. The number of aromatic nitrogens is 1. The van der Waals surface area contributed by atoms with Crippen molar-refractivity contribution >= 4 is 10.8 Å². The van der Waals surface area contributed by atoms with Gasteiger partial charge in [0.15, 0.2) is 0 Å². The van der Waals surface area contributed by atoms with Crippen LogP contribution in [0.5, 0.6) is 0 Å². The molecule has 1 heteroatoms. The molecular weight excluding hydrogens is 206 g/mol. The van der Waals surface area contributed by atoms with Crippen LogP contribution in [0.25, 0.3) is 10.8 Å². The molecule has 3 aromatic rings. The molecule has 0 N–H and O–H groups in total. The van der Waals surface area contributed by atoms with Gasteiger partial charge in [-0.3, -0.25) is 4.98 Å². The van der Waals surface area contributed by atoms with E-state index < -0.39 is 0 Å². The van der Waals surface area contributed by atoms with Gasteiger partial charge >= 0.3 is 0 Å². The molecule has 81 valence electrons. The zero-order chi connectivity index (χ0) is 11.5. The lowest BCUT2D eigenvalue weighted by Crippen LogP contribution is -1.91. The lowest BCUT2D eigenvalue weighted by atomic mass is 10.1. The van der Waals surface area contributed by atoms with E-state index in [0.717, 1.165) is 17.5 Å². The maximum atomic E-state index is 4.38. The van der Waals surface area contributed by atoms with Gasteiger partial charge in [0, 0.05) is 17.5 Å². The molecular formula is C16H12N. The maximum absolute atomic E-state index is 4.38. The molecule has 2 aromatic carbocycles. The van der Waals surface area contributed by atoms with Crippen molar-refractivity contribution in [3.8, 4) is 0 Å². The molecule has 3 rings (SSSR count). The Labute approximate surface area is 101 Å². The highest BCUT2D eigenvalue weighted by atomic mass is 14.7. The lowest BCUT2D eigenvalue weighted by molar-refractivity contribution is 1.08. The van der Waals surface area contributed by atoms with E-state index in [1.54, 1.807) is 0 Å². The fourth-order valence-corrected chi connectivity index (χ4v) is 1.96. The Morgan fingerprint density at radius 2 is 1.65 bits per heavy atom. The van der Waals surface area contributed by atoms with E-state index >= 15 is 0 Å². The molecule has 0 aliphatic heterocycles. The number of benzene rings is 2. The van der Waals surface area contributed by atoms with Crippen LogP contribution in [-0.2, 0) is 6.42 Å². The van der Waals surface area contributed by atoms with Crippen molar-refractivity contribution in [3.63, 3.8) is 0 Å². The third-order valence-electron chi connectivity index (χ3n) is 2.83. The molecule has 1 aromatic heterocycles. The molecule has 0 spiro atoms. The van der Waals surface area contributed by atoms with Gasteiger partial charge in [0.1, 0.15) is 0 Å². The van der Waals surface area contributed by atoms with Crippen LogP contribution in [0, 0.1) is 6.20 Å². The Morgan fingerprint density at radius 1 is 0.882 bits per heavy atom. The van der Waals surface area contributed by atoms with Crippen LogP contribution >= 0.6 is 0 Å². The lowest BCUT2D eigenvalue weighted by Gasteiger charge is -2.02. The van der Waals surface area contributed by atoms with E-state index in [9.17, 15) is 0 Å². The van der Waals surface area contributed by atoms with Crippen LogP contribution < -0.4 is 0 Å². The average Bonchev–Trinajstić information content (AvgIpc) is 2.40. The van der Waals surface area contributed by atoms with Crippen LogP contribution in [0.4, 0.5) is 0 Å². The zero-order valence-corrected chi connectivity index (χ0v) is 9.43. The summed E-state index contributed by atoms with van der Waals surface area (Å²) in [6.07, 6.45) is 3.95. The normalized spacial score (nSPS) is 10.6. The topological polar surface area (TPSA) is 12.9 Å². The summed E-state index contributed by atoms with van der Waals surface area (Å²) in [6, 6.07) is 20.7. The molecule has 0 bridgehead atoms. The summed E-state index contributed by atoms with van der Waals surface area (Å²) in [5.41, 5.74) is 2.35. The Bertz CT molecular complexity index is 629. The van der Waals surface area contributed by atoms with Crippen LogP contribution in [0.3, 0.4) is 0 Å². The monoisotopic (exact) mass is 218 g/mol. The molecule has 1 heterocycles. The largest absolute Gasteiger partial charge is 0.250 e. The van der Waals surface area contributed by atoms with E-state index in [1.165, 1.54) is 10.9 Å². The summed E-state index contributed by atoms with van der Waals surface area (Å²) < 4.78 is 0. The van der Waals surface area contributed by atoms with Gasteiger partial charge in [-0.2, -0.15) is 0 Å². The van der Waals surface area contributed by atoms with Gasteiger partial charge in [-0.05, 0) is 17.0 Å². The Morgan fingerprint density at radius 3 is 2.53 bits per heavy atom. The molecule has 0 saturated heterocycles. The summed E-state index contributed by atoms with van der Waals surface area (Å²) in [5.74, 6) is 0. The minimum Gasteiger partial charge on any atom is -0.250 e.